The van der Waals surface area contributed by atoms with Crippen LogP contribution in [0.1, 0.15) is 35.2 Å². The highest BCUT2D eigenvalue weighted by molar-refractivity contribution is 8.00. The number of carbonyl (C=O) groups excluding carboxylic acids is 2. The van der Waals surface area contributed by atoms with E-state index in [4.69, 9.17) is 21.1 Å². The summed E-state index contributed by atoms with van der Waals surface area (Å²) in [7, 11) is 1.56. The first-order valence-electron chi connectivity index (χ1n) is 12.8. The van der Waals surface area contributed by atoms with Gasteiger partial charge >= 0.3 is 5.91 Å². The normalized spacial score (nSPS) is 19.3. The molecular formula is C30H24ClN3O5S2. The lowest BCUT2D eigenvalue weighted by atomic mass is 9.94. The van der Waals surface area contributed by atoms with Crippen molar-refractivity contribution in [3.63, 3.8) is 0 Å². The van der Waals surface area contributed by atoms with Crippen LogP contribution in [0.15, 0.2) is 76.6 Å². The molecule has 1 amide bonds. The number of aliphatic hydroxyl groups is 1. The third-order valence-corrected chi connectivity index (χ3v) is 9.43. The van der Waals surface area contributed by atoms with Gasteiger partial charge in [-0.1, -0.05) is 65.0 Å². The van der Waals surface area contributed by atoms with E-state index in [1.807, 2.05) is 31.2 Å². The van der Waals surface area contributed by atoms with Gasteiger partial charge in [0, 0.05) is 22.8 Å². The van der Waals surface area contributed by atoms with E-state index >= 15 is 0 Å². The maximum Gasteiger partial charge on any atom is 0.301 e. The minimum absolute atomic E-state index is 0.0208. The molecule has 4 aromatic rings. The van der Waals surface area contributed by atoms with E-state index in [2.05, 4.69) is 10.2 Å². The number of ether oxygens (including phenoxy) is 2. The van der Waals surface area contributed by atoms with Crippen LogP contribution in [0.3, 0.4) is 0 Å². The Morgan fingerprint density at radius 3 is 2.68 bits per heavy atom. The lowest BCUT2D eigenvalue weighted by molar-refractivity contribution is -0.132. The van der Waals surface area contributed by atoms with Crippen molar-refractivity contribution < 1.29 is 24.2 Å². The summed E-state index contributed by atoms with van der Waals surface area (Å²) in [5, 5.41) is 21.0. The van der Waals surface area contributed by atoms with Gasteiger partial charge < -0.3 is 14.6 Å². The zero-order valence-corrected chi connectivity index (χ0v) is 24.4. The van der Waals surface area contributed by atoms with Crippen molar-refractivity contribution in [1.29, 1.82) is 0 Å². The molecule has 2 atom stereocenters. The first kappa shape index (κ1) is 27.3. The molecule has 11 heteroatoms. The van der Waals surface area contributed by atoms with Crippen LogP contribution in [0, 0.1) is 0 Å². The maximum absolute atomic E-state index is 13.5. The van der Waals surface area contributed by atoms with E-state index in [0.29, 0.717) is 38.4 Å². The number of rotatable bonds is 7. The molecule has 3 aromatic carbocycles. The Morgan fingerprint density at radius 2 is 1.93 bits per heavy atom. The maximum atomic E-state index is 13.5. The minimum Gasteiger partial charge on any atom is -0.507 e. The molecule has 0 aliphatic carbocycles. The Balaban J connectivity index is 1.39. The van der Waals surface area contributed by atoms with Crippen LogP contribution in [0.4, 0.5) is 5.13 Å². The van der Waals surface area contributed by atoms with Crippen molar-refractivity contribution in [3.05, 3.63) is 99.6 Å². The van der Waals surface area contributed by atoms with Gasteiger partial charge in [-0.05, 0) is 60.0 Å². The molecule has 1 saturated heterocycles. The number of amides is 1. The van der Waals surface area contributed by atoms with E-state index in [0.717, 1.165) is 16.9 Å². The van der Waals surface area contributed by atoms with Crippen molar-refractivity contribution in [2.45, 2.75) is 35.6 Å². The molecule has 6 rings (SSSR count). The second-order valence-electron chi connectivity index (χ2n) is 9.63. The van der Waals surface area contributed by atoms with Gasteiger partial charge in [-0.2, -0.15) is 0 Å². The number of halogens is 1. The molecule has 41 heavy (non-hydrogen) atoms. The average Bonchev–Trinajstić information content (AvgIpc) is 3.67. The van der Waals surface area contributed by atoms with Crippen LogP contribution in [0.2, 0.25) is 5.02 Å². The Hall–Kier alpha value is -3.86. The van der Waals surface area contributed by atoms with Crippen molar-refractivity contribution in [2.75, 3.05) is 12.0 Å². The van der Waals surface area contributed by atoms with E-state index in [9.17, 15) is 14.7 Å². The summed E-state index contributed by atoms with van der Waals surface area (Å²) in [5.74, 6) is 0.0879. The lowest BCUT2D eigenvalue weighted by Crippen LogP contribution is -2.29. The number of hydrogen-bond donors (Lipinski definition) is 1. The molecule has 1 fully saturated rings. The zero-order chi connectivity index (χ0) is 28.7. The molecule has 2 unspecified atom stereocenters. The van der Waals surface area contributed by atoms with Crippen molar-refractivity contribution in [3.8, 4) is 11.5 Å². The molecule has 0 spiro atoms. The Labute approximate surface area is 249 Å². The quantitative estimate of drug-likeness (QED) is 0.0844. The van der Waals surface area contributed by atoms with Gasteiger partial charge in [-0.15, -0.1) is 10.2 Å². The van der Waals surface area contributed by atoms with Crippen LogP contribution in [0.5, 0.6) is 11.5 Å². The van der Waals surface area contributed by atoms with Gasteiger partial charge in [0.1, 0.15) is 23.4 Å². The molecule has 3 heterocycles. The molecule has 208 valence electrons. The van der Waals surface area contributed by atoms with Crippen molar-refractivity contribution in [2.24, 2.45) is 0 Å². The summed E-state index contributed by atoms with van der Waals surface area (Å²) in [4.78, 5) is 28.4. The largest absolute Gasteiger partial charge is 0.507 e. The topological polar surface area (TPSA) is 102 Å². The lowest BCUT2D eigenvalue weighted by Gasteiger charge is -2.22. The zero-order valence-electron chi connectivity index (χ0n) is 22.0. The fourth-order valence-electron chi connectivity index (χ4n) is 4.97. The van der Waals surface area contributed by atoms with Gasteiger partial charge in [-0.25, -0.2) is 0 Å². The van der Waals surface area contributed by atoms with Crippen molar-refractivity contribution in [1.82, 2.24) is 10.2 Å². The highest BCUT2D eigenvalue weighted by Crippen LogP contribution is 2.45. The Morgan fingerprint density at radius 1 is 1.15 bits per heavy atom. The number of fused-ring (bicyclic) bond motifs is 1. The summed E-state index contributed by atoms with van der Waals surface area (Å²) < 4.78 is 11.7. The number of methoxy groups -OCH3 is 1. The Kier molecular flexibility index (Phi) is 7.46. The average molecular weight is 606 g/mol. The predicted molar refractivity (Wildman–Crippen MR) is 159 cm³/mol. The highest BCUT2D eigenvalue weighted by atomic mass is 35.5. The van der Waals surface area contributed by atoms with Gasteiger partial charge in [0.2, 0.25) is 5.13 Å². The van der Waals surface area contributed by atoms with E-state index in [1.165, 1.54) is 28.0 Å². The van der Waals surface area contributed by atoms with Gasteiger partial charge in [-0.3, -0.25) is 14.5 Å². The number of ketones is 1. The third kappa shape index (κ3) is 5.18. The third-order valence-electron chi connectivity index (χ3n) is 6.96. The molecule has 2 aliphatic rings. The predicted octanol–water partition coefficient (Wildman–Crippen LogP) is 6.44. The number of Topliss-reactive ketones (excluding diaryl/α,β-unsaturated/α-hetero) is 1. The van der Waals surface area contributed by atoms with Crippen molar-refractivity contribution >= 4 is 57.3 Å². The fourth-order valence-corrected chi connectivity index (χ4v) is 7.12. The number of hydrogen-bond acceptors (Lipinski definition) is 9. The highest BCUT2D eigenvalue weighted by Gasteiger charge is 2.48. The molecule has 8 nitrogen and oxygen atoms in total. The monoisotopic (exact) mass is 605 g/mol. The van der Waals surface area contributed by atoms with Crippen LogP contribution in [-0.4, -0.2) is 40.2 Å². The fraction of sp³-hybridized carbons (Fsp3) is 0.200. The molecule has 0 saturated carbocycles. The standard InChI is InChI=1S/C30H24ClN3O5S2/c1-16-13-20-14-18(9-12-23(20)39-16)26(35)24-25(17-7-10-21(38-2)11-8-17)34(28(37)27(24)36)29-32-33-30(41-29)40-15-19-5-3-4-6-22(19)31/h3-12,14,16,25,35H,13,15H2,1-2H3/b26-24-. The molecular weight excluding hydrogens is 582 g/mol. The molecule has 1 aromatic heterocycles. The smallest absolute Gasteiger partial charge is 0.301 e. The summed E-state index contributed by atoms with van der Waals surface area (Å²) in [5.41, 5.74) is 2.91. The van der Waals surface area contributed by atoms with Crippen LogP contribution >= 0.6 is 34.7 Å². The SMILES string of the molecule is COc1ccc(C2/C(=C(/O)c3ccc4c(c3)CC(C)O4)C(=O)C(=O)N2c2nnc(SCc3ccccc3Cl)s2)cc1. The Bertz CT molecular complexity index is 1690. The number of aromatic nitrogens is 2. The molecule has 0 radical (unpaired) electrons. The minimum atomic E-state index is -0.918. The van der Waals surface area contributed by atoms with Crippen LogP contribution < -0.4 is 14.4 Å². The first-order chi connectivity index (χ1) is 19.8. The van der Waals surface area contributed by atoms with Gasteiger partial charge in [0.25, 0.3) is 5.78 Å². The summed E-state index contributed by atoms with van der Waals surface area (Å²) in [6.45, 7) is 1.97. The number of benzene rings is 3. The second-order valence-corrected chi connectivity index (χ2v) is 12.2. The number of aliphatic hydroxyl groups excluding tert-OH is 1. The van der Waals surface area contributed by atoms with Crippen LogP contribution in [0.25, 0.3) is 5.76 Å². The number of anilines is 1. The number of thioether (sulfide) groups is 1. The van der Waals surface area contributed by atoms with E-state index in [1.54, 1.807) is 49.6 Å². The second kappa shape index (κ2) is 11.2. The molecule has 1 N–H and O–H groups in total. The number of carbonyl (C=O) groups is 2. The molecule has 2 aliphatic heterocycles. The van der Waals surface area contributed by atoms with Crippen LogP contribution in [-0.2, 0) is 21.8 Å². The summed E-state index contributed by atoms with van der Waals surface area (Å²) in [6.07, 6.45) is 0.709. The van der Waals surface area contributed by atoms with E-state index in [-0.39, 0.29) is 22.6 Å². The number of nitrogens with zero attached hydrogens (tertiary/aromatic N) is 3. The summed E-state index contributed by atoms with van der Waals surface area (Å²) >= 11 is 8.93. The molecule has 0 bridgehead atoms. The summed E-state index contributed by atoms with van der Waals surface area (Å²) in [6, 6.07) is 18.9. The van der Waals surface area contributed by atoms with E-state index < -0.39 is 17.7 Å². The first-order valence-corrected chi connectivity index (χ1v) is 15.0. The van der Waals surface area contributed by atoms with Gasteiger partial charge in [0.05, 0.1) is 18.7 Å². The van der Waals surface area contributed by atoms with Gasteiger partial charge in [0.15, 0.2) is 4.34 Å².